The third-order valence-electron chi connectivity index (χ3n) is 8.48. The SMILES string of the molecule is CC(C)c1ccc(CN2CC(Oc3ccc(-c4ccc(CC(NC(=O)OC(C)(C)C)C(=O)N5CCCC5C#N)c(F)c4)cn3)C2)cc1. The predicted molar refractivity (Wildman–Crippen MR) is 177 cm³/mol. The van der Waals surface area contributed by atoms with Gasteiger partial charge in [0, 0.05) is 50.4 Å². The van der Waals surface area contributed by atoms with Gasteiger partial charge in [-0.2, -0.15) is 5.26 Å². The molecule has 0 bridgehead atoms. The first-order valence-electron chi connectivity index (χ1n) is 16.3. The Morgan fingerprint density at radius 3 is 2.43 bits per heavy atom. The molecule has 0 radical (unpaired) electrons. The molecule has 2 atom stereocenters. The summed E-state index contributed by atoms with van der Waals surface area (Å²) in [5.41, 5.74) is 3.45. The van der Waals surface area contributed by atoms with Crippen LogP contribution in [0.2, 0.25) is 0 Å². The average Bonchev–Trinajstić information content (AvgIpc) is 3.49. The Kier molecular flexibility index (Phi) is 10.5. The molecule has 0 aliphatic carbocycles. The quantitative estimate of drug-likeness (QED) is 0.280. The zero-order valence-electron chi connectivity index (χ0n) is 27.8. The highest BCUT2D eigenvalue weighted by molar-refractivity contribution is 5.86. The van der Waals surface area contributed by atoms with Gasteiger partial charge < -0.3 is 19.7 Å². The third kappa shape index (κ3) is 8.86. The van der Waals surface area contributed by atoms with Gasteiger partial charge in [-0.1, -0.05) is 50.2 Å². The van der Waals surface area contributed by atoms with E-state index in [0.29, 0.717) is 36.7 Å². The first kappa shape index (κ1) is 33.9. The lowest BCUT2D eigenvalue weighted by Crippen LogP contribution is -2.53. The van der Waals surface area contributed by atoms with Crippen molar-refractivity contribution in [2.24, 2.45) is 0 Å². The molecule has 248 valence electrons. The number of carbonyl (C=O) groups excluding carboxylic acids is 2. The van der Waals surface area contributed by atoms with Gasteiger partial charge in [0.2, 0.25) is 11.8 Å². The van der Waals surface area contributed by atoms with Crippen LogP contribution in [0.3, 0.4) is 0 Å². The van der Waals surface area contributed by atoms with Crippen molar-refractivity contribution in [1.29, 1.82) is 5.26 Å². The first-order chi connectivity index (χ1) is 22.4. The molecule has 0 saturated carbocycles. The van der Waals surface area contributed by atoms with Crippen molar-refractivity contribution >= 4 is 12.0 Å². The maximum absolute atomic E-state index is 15.5. The molecule has 1 N–H and O–H groups in total. The molecule has 9 nitrogen and oxygen atoms in total. The van der Waals surface area contributed by atoms with Crippen LogP contribution in [0.15, 0.2) is 60.8 Å². The van der Waals surface area contributed by atoms with E-state index in [2.05, 4.69) is 59.4 Å². The van der Waals surface area contributed by atoms with E-state index in [1.54, 1.807) is 45.2 Å². The summed E-state index contributed by atoms with van der Waals surface area (Å²) in [6.07, 6.45) is 2.11. The Balaban J connectivity index is 1.18. The van der Waals surface area contributed by atoms with Crippen molar-refractivity contribution in [3.63, 3.8) is 0 Å². The molecular formula is C37H44FN5O4. The summed E-state index contributed by atoms with van der Waals surface area (Å²) < 4.78 is 26.9. The highest BCUT2D eigenvalue weighted by atomic mass is 19.1. The molecule has 10 heteroatoms. The van der Waals surface area contributed by atoms with Gasteiger partial charge in [-0.3, -0.25) is 9.69 Å². The molecule has 2 amide bonds. The number of hydrogen-bond acceptors (Lipinski definition) is 7. The number of ether oxygens (including phenoxy) is 2. The summed E-state index contributed by atoms with van der Waals surface area (Å²) in [5.74, 6) is 0.0902. The first-order valence-corrected chi connectivity index (χ1v) is 16.3. The molecule has 2 aliphatic rings. The van der Waals surface area contributed by atoms with Crippen molar-refractivity contribution in [3.8, 4) is 23.1 Å². The van der Waals surface area contributed by atoms with E-state index in [9.17, 15) is 14.9 Å². The highest BCUT2D eigenvalue weighted by Crippen LogP contribution is 2.26. The number of alkyl carbamates (subject to hydrolysis) is 1. The standard InChI is InChI=1S/C37H44FN5O4/c1-24(2)26-10-8-25(9-11-26)21-42-22-31(23-42)46-34-15-14-29(20-40-34)27-12-13-28(32(38)17-27)18-33(41-36(45)47-37(3,4)5)35(44)43-16-6-7-30(43)19-39/h8-15,17,20,24,30-31,33H,6-7,16,18,21-23H2,1-5H3,(H,41,45). The second kappa shape index (κ2) is 14.5. The molecule has 3 aromatic rings. The van der Waals surface area contributed by atoms with E-state index < -0.39 is 35.5 Å². The Labute approximate surface area is 276 Å². The maximum atomic E-state index is 15.5. The third-order valence-corrected chi connectivity index (χ3v) is 8.48. The molecule has 2 saturated heterocycles. The number of hydrogen-bond donors (Lipinski definition) is 1. The normalized spacial score (nSPS) is 17.6. The van der Waals surface area contributed by atoms with E-state index in [1.165, 1.54) is 22.1 Å². The lowest BCUT2D eigenvalue weighted by molar-refractivity contribution is -0.133. The number of likely N-dealkylation sites (tertiary alicyclic amines) is 2. The lowest BCUT2D eigenvalue weighted by atomic mass is 10.00. The van der Waals surface area contributed by atoms with Gasteiger partial charge in [0.05, 0.1) is 6.07 Å². The van der Waals surface area contributed by atoms with Crippen LogP contribution >= 0.6 is 0 Å². The Morgan fingerprint density at radius 2 is 1.81 bits per heavy atom. The number of nitrogens with zero attached hydrogens (tertiary/aromatic N) is 4. The fourth-order valence-electron chi connectivity index (χ4n) is 5.91. The van der Waals surface area contributed by atoms with E-state index in [-0.39, 0.29) is 18.1 Å². The molecular weight excluding hydrogens is 597 g/mol. The van der Waals surface area contributed by atoms with Crippen LogP contribution in [-0.4, -0.2) is 70.2 Å². The molecule has 2 fully saturated rings. The largest absolute Gasteiger partial charge is 0.472 e. The predicted octanol–water partition coefficient (Wildman–Crippen LogP) is 6.22. The summed E-state index contributed by atoms with van der Waals surface area (Å²) in [6.45, 7) is 12.5. The Bertz CT molecular complexity index is 1590. The van der Waals surface area contributed by atoms with Crippen molar-refractivity contribution in [2.75, 3.05) is 19.6 Å². The molecule has 1 aromatic heterocycles. The maximum Gasteiger partial charge on any atom is 0.408 e. The molecule has 5 rings (SSSR count). The minimum absolute atomic E-state index is 0.0639. The van der Waals surface area contributed by atoms with Gasteiger partial charge in [-0.15, -0.1) is 0 Å². The lowest BCUT2D eigenvalue weighted by Gasteiger charge is -2.38. The fraction of sp³-hybridized carbons (Fsp3) is 0.459. The number of pyridine rings is 1. The van der Waals surface area contributed by atoms with Crippen molar-refractivity contribution in [1.82, 2.24) is 20.1 Å². The number of nitriles is 1. The van der Waals surface area contributed by atoms with Crippen LogP contribution < -0.4 is 10.1 Å². The van der Waals surface area contributed by atoms with Crippen LogP contribution in [0, 0.1) is 17.1 Å². The number of rotatable bonds is 10. The smallest absolute Gasteiger partial charge is 0.408 e. The number of carbonyl (C=O) groups is 2. The van der Waals surface area contributed by atoms with Gasteiger partial charge in [0.25, 0.3) is 0 Å². The van der Waals surface area contributed by atoms with Gasteiger partial charge in [-0.25, -0.2) is 14.2 Å². The van der Waals surface area contributed by atoms with E-state index in [4.69, 9.17) is 9.47 Å². The van der Waals surface area contributed by atoms with E-state index in [1.807, 2.05) is 6.07 Å². The zero-order chi connectivity index (χ0) is 33.7. The van der Waals surface area contributed by atoms with Crippen LogP contribution in [0.1, 0.15) is 70.1 Å². The number of nitrogens with one attached hydrogen (secondary N) is 1. The van der Waals surface area contributed by atoms with Gasteiger partial charge >= 0.3 is 6.09 Å². The fourth-order valence-corrected chi connectivity index (χ4v) is 5.91. The van der Waals surface area contributed by atoms with Crippen LogP contribution in [-0.2, 0) is 22.5 Å². The summed E-state index contributed by atoms with van der Waals surface area (Å²) in [4.78, 5) is 34.3. The second-order valence-corrected chi connectivity index (χ2v) is 13.7. The summed E-state index contributed by atoms with van der Waals surface area (Å²) in [7, 11) is 0. The summed E-state index contributed by atoms with van der Waals surface area (Å²) in [6, 6.07) is 17.7. The molecule has 2 aliphatic heterocycles. The highest BCUT2D eigenvalue weighted by Gasteiger charge is 2.35. The van der Waals surface area contributed by atoms with E-state index in [0.717, 1.165) is 25.2 Å². The number of aromatic nitrogens is 1. The van der Waals surface area contributed by atoms with Crippen molar-refractivity contribution in [2.45, 2.75) is 90.1 Å². The van der Waals surface area contributed by atoms with Crippen molar-refractivity contribution in [3.05, 3.63) is 83.3 Å². The molecule has 2 aromatic carbocycles. The van der Waals surface area contributed by atoms with Gasteiger partial charge in [0.15, 0.2) is 0 Å². The van der Waals surface area contributed by atoms with Crippen LogP contribution in [0.5, 0.6) is 5.88 Å². The number of benzene rings is 2. The molecule has 3 heterocycles. The summed E-state index contributed by atoms with van der Waals surface area (Å²) in [5, 5.41) is 12.1. The van der Waals surface area contributed by atoms with E-state index >= 15 is 4.39 Å². The monoisotopic (exact) mass is 641 g/mol. The average molecular weight is 642 g/mol. The minimum Gasteiger partial charge on any atom is -0.472 e. The molecule has 47 heavy (non-hydrogen) atoms. The Hall–Kier alpha value is -4.49. The number of amides is 2. The minimum atomic E-state index is -1.09. The second-order valence-electron chi connectivity index (χ2n) is 13.7. The molecule has 2 unspecified atom stereocenters. The topological polar surface area (TPSA) is 108 Å². The zero-order valence-corrected chi connectivity index (χ0v) is 27.8. The Morgan fingerprint density at radius 1 is 1.09 bits per heavy atom. The van der Waals surface area contributed by atoms with Crippen LogP contribution in [0.25, 0.3) is 11.1 Å². The summed E-state index contributed by atoms with van der Waals surface area (Å²) >= 11 is 0. The number of halogens is 1. The van der Waals surface area contributed by atoms with Gasteiger partial charge in [0.1, 0.15) is 29.6 Å². The molecule has 0 spiro atoms. The van der Waals surface area contributed by atoms with Crippen LogP contribution in [0.4, 0.5) is 9.18 Å². The van der Waals surface area contributed by atoms with Gasteiger partial charge in [-0.05, 0) is 73.9 Å². The van der Waals surface area contributed by atoms with Crippen molar-refractivity contribution < 1.29 is 23.5 Å².